The largest absolute Gasteiger partial charge is 0.486 e. The number of aromatic nitrogens is 4. The minimum absolute atomic E-state index is 0.0223. The summed E-state index contributed by atoms with van der Waals surface area (Å²) in [5, 5.41) is 11.4. The van der Waals surface area contributed by atoms with Crippen LogP contribution in [0.3, 0.4) is 0 Å². The van der Waals surface area contributed by atoms with Crippen molar-refractivity contribution in [3.63, 3.8) is 0 Å². The lowest BCUT2D eigenvalue weighted by Gasteiger charge is -2.27. The third kappa shape index (κ3) is 8.25. The molecule has 46 heavy (non-hydrogen) atoms. The predicted molar refractivity (Wildman–Crippen MR) is 145 cm³/mol. The second-order valence-electron chi connectivity index (χ2n) is 10.2. The number of primary amides is 1. The Bertz CT molecular complexity index is 1650. The number of ether oxygens (including phenoxy) is 1. The van der Waals surface area contributed by atoms with Crippen LogP contribution < -0.4 is 15.4 Å². The number of halogens is 9. The summed E-state index contributed by atoms with van der Waals surface area (Å²) in [5.74, 6) is -0.712. The molecule has 0 fully saturated rings. The average Bonchev–Trinajstić information content (AvgIpc) is 3.40. The lowest BCUT2D eigenvalue weighted by atomic mass is 9.96. The van der Waals surface area contributed by atoms with E-state index in [1.807, 2.05) is 0 Å². The second kappa shape index (κ2) is 12.9. The van der Waals surface area contributed by atoms with Crippen LogP contribution in [0.4, 0.5) is 45.5 Å². The molecule has 0 bridgehead atoms. The van der Waals surface area contributed by atoms with Gasteiger partial charge in [-0.25, -0.2) is 0 Å². The molecule has 4 aromatic rings. The van der Waals surface area contributed by atoms with E-state index in [2.05, 4.69) is 15.4 Å². The van der Waals surface area contributed by atoms with E-state index in [-0.39, 0.29) is 40.9 Å². The Morgan fingerprint density at radius 3 is 1.91 bits per heavy atom. The lowest BCUT2D eigenvalue weighted by molar-refractivity contribution is -0.143. The molecular weight excluding hydrogens is 635 g/mol. The number of hydrogen-bond donors (Lipinski definition) is 1. The Balaban J connectivity index is 1.80. The zero-order chi connectivity index (χ0) is 34.0. The first-order valence-corrected chi connectivity index (χ1v) is 13.4. The third-order valence-corrected chi connectivity index (χ3v) is 6.77. The fourth-order valence-electron chi connectivity index (χ4n) is 4.60. The van der Waals surface area contributed by atoms with Gasteiger partial charge in [-0.2, -0.15) is 44.3 Å². The van der Waals surface area contributed by atoms with Crippen LogP contribution in [0.5, 0.6) is 5.75 Å². The number of carbonyl (C=O) groups is 1. The molecule has 246 valence electrons. The van der Waals surface area contributed by atoms with Crippen molar-refractivity contribution in [2.24, 2.45) is 12.8 Å². The van der Waals surface area contributed by atoms with Crippen molar-refractivity contribution in [2.45, 2.75) is 51.1 Å². The molecule has 1 heterocycles. The topological polar surface area (TPSA) is 99.2 Å². The van der Waals surface area contributed by atoms with E-state index in [0.29, 0.717) is 12.1 Å². The standard InChI is InChI=1S/C29H25F9N6O2/c1-3-24(46-22-7-4-17(5-8-22)25(39)45)23-9-6-19(27(30,31)32)12-18(23)15-44(26-40-42-43(2)41-26)14-16-10-20(28(33,34)35)13-21(11-16)29(36,37)38/h4-13,24H,3,14-15H2,1-2H3,(H2,39,45). The van der Waals surface area contributed by atoms with Gasteiger partial charge in [-0.1, -0.05) is 18.1 Å². The van der Waals surface area contributed by atoms with Crippen LogP contribution in [0.25, 0.3) is 0 Å². The highest BCUT2D eigenvalue weighted by Crippen LogP contribution is 2.38. The van der Waals surface area contributed by atoms with Crippen molar-refractivity contribution in [3.8, 4) is 5.75 Å². The number of benzene rings is 3. The lowest BCUT2D eigenvalue weighted by Crippen LogP contribution is -2.26. The van der Waals surface area contributed by atoms with E-state index in [0.717, 1.165) is 21.8 Å². The van der Waals surface area contributed by atoms with Crippen LogP contribution in [0.2, 0.25) is 0 Å². The molecule has 3 aromatic carbocycles. The van der Waals surface area contributed by atoms with Gasteiger partial charge in [0.15, 0.2) is 0 Å². The number of amides is 1. The summed E-state index contributed by atoms with van der Waals surface area (Å²) >= 11 is 0. The first-order chi connectivity index (χ1) is 21.3. The first kappa shape index (κ1) is 34.1. The molecule has 1 aromatic heterocycles. The number of aryl methyl sites for hydroxylation is 1. The van der Waals surface area contributed by atoms with Crippen LogP contribution >= 0.6 is 0 Å². The summed E-state index contributed by atoms with van der Waals surface area (Å²) in [5.41, 5.74) is 1.02. The zero-order valence-electron chi connectivity index (χ0n) is 24.0. The maximum absolute atomic E-state index is 13.8. The first-order valence-electron chi connectivity index (χ1n) is 13.4. The molecule has 8 nitrogen and oxygen atoms in total. The number of carbonyl (C=O) groups excluding carboxylic acids is 1. The Morgan fingerprint density at radius 1 is 0.848 bits per heavy atom. The maximum atomic E-state index is 13.8. The van der Waals surface area contributed by atoms with Gasteiger partial charge in [0.05, 0.1) is 23.7 Å². The monoisotopic (exact) mass is 660 g/mol. The maximum Gasteiger partial charge on any atom is 0.416 e. The Morgan fingerprint density at radius 2 is 1.43 bits per heavy atom. The Labute approximate surface area is 255 Å². The minimum Gasteiger partial charge on any atom is -0.486 e. The molecule has 1 amide bonds. The molecule has 4 rings (SSSR count). The number of anilines is 1. The van der Waals surface area contributed by atoms with Crippen molar-refractivity contribution in [1.82, 2.24) is 20.2 Å². The Hall–Kier alpha value is -4.83. The fourth-order valence-corrected chi connectivity index (χ4v) is 4.60. The summed E-state index contributed by atoms with van der Waals surface area (Å²) in [4.78, 5) is 13.5. The molecule has 0 spiro atoms. The number of nitrogens with zero attached hydrogens (tertiary/aromatic N) is 5. The predicted octanol–water partition coefficient (Wildman–Crippen LogP) is 7.10. The van der Waals surface area contributed by atoms with Gasteiger partial charge in [0.2, 0.25) is 5.91 Å². The summed E-state index contributed by atoms with van der Waals surface area (Å²) in [6, 6.07) is 9.48. The molecule has 0 aliphatic carbocycles. The van der Waals surface area contributed by atoms with Gasteiger partial charge in [-0.3, -0.25) is 4.79 Å². The van der Waals surface area contributed by atoms with Crippen molar-refractivity contribution >= 4 is 11.9 Å². The molecule has 0 aliphatic heterocycles. The van der Waals surface area contributed by atoms with Crippen LogP contribution in [0.15, 0.2) is 60.7 Å². The summed E-state index contributed by atoms with van der Waals surface area (Å²) in [6.45, 7) is 0.525. The van der Waals surface area contributed by atoms with E-state index in [9.17, 15) is 44.3 Å². The van der Waals surface area contributed by atoms with Gasteiger partial charge in [0.25, 0.3) is 5.95 Å². The summed E-state index contributed by atoms with van der Waals surface area (Å²) in [7, 11) is 1.35. The highest BCUT2D eigenvalue weighted by atomic mass is 19.4. The minimum atomic E-state index is -5.12. The normalized spacial score (nSPS) is 13.0. The summed E-state index contributed by atoms with van der Waals surface area (Å²) in [6.07, 6.45) is -15.7. The van der Waals surface area contributed by atoms with Crippen LogP contribution in [0.1, 0.15) is 63.2 Å². The number of nitrogens with two attached hydrogens (primary N) is 1. The number of rotatable bonds is 10. The van der Waals surface area contributed by atoms with Gasteiger partial charge < -0.3 is 15.4 Å². The van der Waals surface area contributed by atoms with Gasteiger partial charge in [-0.15, -0.1) is 5.10 Å². The van der Waals surface area contributed by atoms with Crippen LogP contribution in [0, 0.1) is 0 Å². The van der Waals surface area contributed by atoms with Gasteiger partial charge in [-0.05, 0) is 82.9 Å². The van der Waals surface area contributed by atoms with Crippen LogP contribution in [-0.4, -0.2) is 26.1 Å². The van der Waals surface area contributed by atoms with Crippen LogP contribution in [-0.2, 0) is 38.7 Å². The molecule has 17 heteroatoms. The molecule has 2 N–H and O–H groups in total. The van der Waals surface area contributed by atoms with E-state index < -0.39 is 65.9 Å². The molecular formula is C29H25F9N6O2. The van der Waals surface area contributed by atoms with Crippen molar-refractivity contribution < 1.29 is 49.0 Å². The van der Waals surface area contributed by atoms with E-state index in [4.69, 9.17) is 10.5 Å². The quantitative estimate of drug-likeness (QED) is 0.182. The molecule has 1 unspecified atom stereocenters. The number of hydrogen-bond acceptors (Lipinski definition) is 6. The van der Waals surface area contributed by atoms with Crippen molar-refractivity contribution in [3.05, 3.63) is 99.6 Å². The third-order valence-electron chi connectivity index (χ3n) is 6.77. The molecule has 0 radical (unpaired) electrons. The van der Waals surface area contributed by atoms with E-state index in [1.54, 1.807) is 6.92 Å². The van der Waals surface area contributed by atoms with Gasteiger partial charge in [0.1, 0.15) is 11.9 Å². The average molecular weight is 661 g/mol. The molecule has 0 aliphatic rings. The van der Waals surface area contributed by atoms with E-state index >= 15 is 0 Å². The molecule has 1 atom stereocenters. The Kier molecular flexibility index (Phi) is 9.54. The highest BCUT2D eigenvalue weighted by molar-refractivity contribution is 5.92. The fraction of sp³-hybridized carbons (Fsp3) is 0.310. The van der Waals surface area contributed by atoms with Crippen molar-refractivity contribution in [1.29, 1.82) is 0 Å². The smallest absolute Gasteiger partial charge is 0.416 e. The zero-order valence-corrected chi connectivity index (χ0v) is 24.0. The molecule has 0 saturated heterocycles. The van der Waals surface area contributed by atoms with Crippen molar-refractivity contribution in [2.75, 3.05) is 4.90 Å². The van der Waals surface area contributed by atoms with Gasteiger partial charge in [0, 0.05) is 18.7 Å². The van der Waals surface area contributed by atoms with E-state index in [1.165, 1.54) is 37.4 Å². The second-order valence-corrected chi connectivity index (χ2v) is 10.2. The van der Waals surface area contributed by atoms with Gasteiger partial charge >= 0.3 is 18.5 Å². The number of alkyl halides is 9. The number of tetrazole rings is 1. The highest BCUT2D eigenvalue weighted by Gasteiger charge is 2.37. The molecule has 0 saturated carbocycles. The SMILES string of the molecule is CCC(Oc1ccc(C(N)=O)cc1)c1ccc(C(F)(F)F)cc1CN(Cc1cc(C(F)(F)F)cc(C(F)(F)F)c1)c1nnn(C)n1. The summed E-state index contributed by atoms with van der Waals surface area (Å²) < 4.78 is 129.